The molecule has 3 amide bonds. The molecular formula is C19H23F3N6O2. The van der Waals surface area contributed by atoms with E-state index >= 15 is 0 Å². The van der Waals surface area contributed by atoms with Gasteiger partial charge in [0.05, 0.1) is 18.3 Å². The second-order valence-electron chi connectivity index (χ2n) is 8.62. The lowest BCUT2D eigenvalue weighted by Crippen LogP contribution is -2.46. The van der Waals surface area contributed by atoms with Gasteiger partial charge in [0.25, 0.3) is 5.91 Å². The number of nitrogens with one attached hydrogen (secondary N) is 1. The van der Waals surface area contributed by atoms with Crippen molar-refractivity contribution >= 4 is 23.4 Å². The van der Waals surface area contributed by atoms with Crippen molar-refractivity contribution in [3.8, 4) is 0 Å². The largest absolute Gasteiger partial charge is 0.408 e. The molecule has 3 heterocycles. The molecular weight excluding hydrogens is 401 g/mol. The molecule has 1 aliphatic heterocycles. The Balaban J connectivity index is 1.69. The van der Waals surface area contributed by atoms with Gasteiger partial charge in [0, 0.05) is 18.8 Å². The highest BCUT2D eigenvalue weighted by Gasteiger charge is 2.50. The van der Waals surface area contributed by atoms with Crippen LogP contribution in [-0.4, -0.2) is 62.8 Å². The maximum Gasteiger partial charge on any atom is 0.408 e. The van der Waals surface area contributed by atoms with Gasteiger partial charge in [-0.15, -0.1) is 0 Å². The van der Waals surface area contributed by atoms with E-state index in [1.807, 2.05) is 13.8 Å². The fourth-order valence-corrected chi connectivity index (χ4v) is 3.69. The summed E-state index contributed by atoms with van der Waals surface area (Å²) in [6.07, 6.45) is -2.45. The van der Waals surface area contributed by atoms with E-state index in [0.29, 0.717) is 30.9 Å². The van der Waals surface area contributed by atoms with Crippen LogP contribution in [0.25, 0.3) is 5.65 Å². The number of aryl methyl sites for hydroxylation is 1. The van der Waals surface area contributed by atoms with Gasteiger partial charge in [-0.2, -0.15) is 18.3 Å². The zero-order valence-electron chi connectivity index (χ0n) is 17.1. The third-order valence-corrected chi connectivity index (χ3v) is 5.86. The van der Waals surface area contributed by atoms with Crippen LogP contribution in [-0.2, 0) is 0 Å². The number of halogens is 3. The Morgan fingerprint density at radius 1 is 1.33 bits per heavy atom. The van der Waals surface area contributed by atoms with Crippen LogP contribution in [0.2, 0.25) is 0 Å². The Labute approximate surface area is 171 Å². The van der Waals surface area contributed by atoms with E-state index in [1.165, 1.54) is 15.6 Å². The maximum atomic E-state index is 13.3. The molecule has 30 heavy (non-hydrogen) atoms. The molecule has 2 fully saturated rings. The van der Waals surface area contributed by atoms with Gasteiger partial charge in [-0.3, -0.25) is 9.69 Å². The van der Waals surface area contributed by atoms with E-state index in [9.17, 15) is 22.8 Å². The van der Waals surface area contributed by atoms with E-state index in [-0.39, 0.29) is 17.2 Å². The second-order valence-corrected chi connectivity index (χ2v) is 8.62. The predicted molar refractivity (Wildman–Crippen MR) is 102 cm³/mol. The standard InChI is InChI=1S/C19H23F3N6O2/c1-10-7-13(27-9-18(2,3)26(4)17(27)30)24-15-12(8-23-28(10)15)16(29)25-14(11-5-6-11)19(20,21)22/h7-8,11,14H,5-6,9H2,1-4H3,(H,25,29)/t14-/m1/s1. The summed E-state index contributed by atoms with van der Waals surface area (Å²) in [5, 5.41) is 6.20. The number of carbonyl (C=O) groups is 2. The quantitative estimate of drug-likeness (QED) is 0.818. The first-order valence-corrected chi connectivity index (χ1v) is 9.68. The number of fused-ring (bicyclic) bond motifs is 1. The Kier molecular flexibility index (Phi) is 4.48. The van der Waals surface area contributed by atoms with Crippen molar-refractivity contribution in [2.45, 2.75) is 51.4 Å². The molecule has 0 unspecified atom stereocenters. The van der Waals surface area contributed by atoms with Crippen molar-refractivity contribution in [2.75, 3.05) is 18.5 Å². The molecule has 0 spiro atoms. The first-order valence-electron chi connectivity index (χ1n) is 9.68. The normalized spacial score (nSPS) is 20.2. The molecule has 2 aromatic rings. The number of urea groups is 1. The van der Waals surface area contributed by atoms with Gasteiger partial charge in [0.1, 0.15) is 17.4 Å². The van der Waals surface area contributed by atoms with Crippen LogP contribution >= 0.6 is 0 Å². The highest BCUT2D eigenvalue weighted by molar-refractivity contribution is 6.00. The molecule has 11 heteroatoms. The van der Waals surface area contributed by atoms with E-state index in [4.69, 9.17) is 0 Å². The summed E-state index contributed by atoms with van der Waals surface area (Å²) in [7, 11) is 1.70. The van der Waals surface area contributed by atoms with Crippen LogP contribution in [0.1, 0.15) is 42.7 Å². The topological polar surface area (TPSA) is 82.8 Å². The average molecular weight is 424 g/mol. The number of hydrogen-bond donors (Lipinski definition) is 1. The number of amides is 3. The maximum absolute atomic E-state index is 13.3. The third-order valence-electron chi connectivity index (χ3n) is 5.86. The zero-order chi connectivity index (χ0) is 22.0. The minimum atomic E-state index is -4.52. The smallest absolute Gasteiger partial charge is 0.340 e. The molecule has 0 aromatic carbocycles. The van der Waals surface area contributed by atoms with Crippen LogP contribution in [0.15, 0.2) is 12.3 Å². The predicted octanol–water partition coefficient (Wildman–Crippen LogP) is 2.76. The van der Waals surface area contributed by atoms with Gasteiger partial charge < -0.3 is 10.2 Å². The Hall–Kier alpha value is -2.85. The first-order chi connectivity index (χ1) is 13.9. The molecule has 8 nitrogen and oxygen atoms in total. The molecule has 0 bridgehead atoms. The van der Waals surface area contributed by atoms with Gasteiger partial charge in [0.2, 0.25) is 0 Å². The van der Waals surface area contributed by atoms with Crippen LogP contribution in [0.5, 0.6) is 0 Å². The number of rotatable bonds is 4. The number of hydrogen-bond acceptors (Lipinski definition) is 4. The van der Waals surface area contributed by atoms with Crippen molar-refractivity contribution < 1.29 is 22.8 Å². The molecule has 1 saturated carbocycles. The lowest BCUT2D eigenvalue weighted by Gasteiger charge is -2.24. The summed E-state index contributed by atoms with van der Waals surface area (Å²) < 4.78 is 41.3. The number of anilines is 1. The van der Waals surface area contributed by atoms with Crippen molar-refractivity contribution in [3.63, 3.8) is 0 Å². The number of alkyl halides is 3. The summed E-state index contributed by atoms with van der Waals surface area (Å²) in [5.74, 6) is -1.15. The monoisotopic (exact) mass is 424 g/mol. The van der Waals surface area contributed by atoms with E-state index in [2.05, 4.69) is 15.4 Å². The summed E-state index contributed by atoms with van der Waals surface area (Å²) in [5.41, 5.74) is 0.237. The molecule has 0 radical (unpaired) electrons. The molecule has 2 aliphatic rings. The third kappa shape index (κ3) is 3.35. The Bertz CT molecular complexity index is 1030. The van der Waals surface area contributed by atoms with Crippen LogP contribution < -0.4 is 10.2 Å². The van der Waals surface area contributed by atoms with E-state index < -0.39 is 29.6 Å². The highest BCUT2D eigenvalue weighted by atomic mass is 19.4. The molecule has 1 saturated heterocycles. The Morgan fingerprint density at radius 2 is 2.00 bits per heavy atom. The second kappa shape index (κ2) is 6.58. The van der Waals surface area contributed by atoms with Gasteiger partial charge in [-0.05, 0) is 39.5 Å². The fraction of sp³-hybridized carbons (Fsp3) is 0.579. The van der Waals surface area contributed by atoms with E-state index in [0.717, 1.165) is 0 Å². The fourth-order valence-electron chi connectivity index (χ4n) is 3.69. The van der Waals surface area contributed by atoms with Gasteiger partial charge in [-0.1, -0.05) is 0 Å². The Morgan fingerprint density at radius 3 is 2.53 bits per heavy atom. The average Bonchev–Trinajstić information content (AvgIpc) is 3.35. The van der Waals surface area contributed by atoms with Crippen LogP contribution in [0.4, 0.5) is 23.8 Å². The number of carbonyl (C=O) groups excluding carboxylic acids is 2. The van der Waals surface area contributed by atoms with Crippen molar-refractivity contribution in [1.82, 2.24) is 24.8 Å². The van der Waals surface area contributed by atoms with Crippen molar-refractivity contribution in [2.24, 2.45) is 5.92 Å². The van der Waals surface area contributed by atoms with Crippen molar-refractivity contribution in [1.29, 1.82) is 0 Å². The molecule has 1 aliphatic carbocycles. The molecule has 4 rings (SSSR count). The van der Waals surface area contributed by atoms with Crippen LogP contribution in [0.3, 0.4) is 0 Å². The SMILES string of the molecule is Cc1cc(N2CC(C)(C)N(C)C2=O)nc2c(C(=O)N[C@H](C3CC3)C(F)(F)F)cnn12. The molecule has 162 valence electrons. The van der Waals surface area contributed by atoms with Crippen LogP contribution in [0, 0.1) is 12.8 Å². The summed E-state index contributed by atoms with van der Waals surface area (Å²) in [6.45, 7) is 5.95. The lowest BCUT2D eigenvalue weighted by atomic mass is 10.1. The number of aromatic nitrogens is 3. The van der Waals surface area contributed by atoms with E-state index in [1.54, 1.807) is 24.9 Å². The van der Waals surface area contributed by atoms with Crippen molar-refractivity contribution in [3.05, 3.63) is 23.5 Å². The minimum Gasteiger partial charge on any atom is -0.340 e. The number of nitrogens with zero attached hydrogens (tertiary/aromatic N) is 5. The zero-order valence-corrected chi connectivity index (χ0v) is 17.1. The van der Waals surface area contributed by atoms with Gasteiger partial charge >= 0.3 is 12.2 Å². The van der Waals surface area contributed by atoms with Gasteiger partial charge in [-0.25, -0.2) is 14.3 Å². The number of likely N-dealkylation sites (N-methyl/N-ethyl adjacent to an activating group) is 1. The molecule has 1 N–H and O–H groups in total. The lowest BCUT2D eigenvalue weighted by molar-refractivity contribution is -0.158. The van der Waals surface area contributed by atoms with Gasteiger partial charge in [0.15, 0.2) is 5.65 Å². The molecule has 2 aromatic heterocycles. The first kappa shape index (κ1) is 20.4. The molecule has 1 atom stereocenters. The summed E-state index contributed by atoms with van der Waals surface area (Å²) >= 11 is 0. The minimum absolute atomic E-state index is 0.0610. The summed E-state index contributed by atoms with van der Waals surface area (Å²) in [6, 6.07) is -0.469. The summed E-state index contributed by atoms with van der Waals surface area (Å²) in [4.78, 5) is 32.8. The highest BCUT2D eigenvalue weighted by Crippen LogP contribution is 2.40.